The number of halogens is 2. The summed E-state index contributed by atoms with van der Waals surface area (Å²) in [7, 11) is 0. The molecule has 0 spiro atoms. The molecule has 2 aromatic heterocycles. The molecule has 0 aliphatic carbocycles. The average Bonchev–Trinajstić information content (AvgIpc) is 3.52. The molecule has 9 nitrogen and oxygen atoms in total. The van der Waals surface area contributed by atoms with Crippen LogP contribution in [0.4, 0.5) is 8.78 Å². The number of benzene rings is 1. The molecule has 1 saturated heterocycles. The number of alkyl halides is 2. The fourth-order valence-corrected chi connectivity index (χ4v) is 3.72. The van der Waals surface area contributed by atoms with Crippen LogP contribution in [0.15, 0.2) is 55.0 Å². The summed E-state index contributed by atoms with van der Waals surface area (Å²) in [5, 5.41) is 14.5. The first-order chi connectivity index (χ1) is 15.4. The second kappa shape index (κ2) is 9.25. The van der Waals surface area contributed by atoms with E-state index in [4.69, 9.17) is 0 Å². The molecule has 1 aliphatic heterocycles. The number of aryl methyl sites for hydroxylation is 1. The highest BCUT2D eigenvalue weighted by molar-refractivity contribution is 5.91. The normalized spacial score (nSPS) is 17.4. The van der Waals surface area contributed by atoms with E-state index in [0.29, 0.717) is 13.1 Å². The highest BCUT2D eigenvalue weighted by atomic mass is 19.3. The maximum Gasteiger partial charge on any atom is 0.273 e. The Morgan fingerprint density at radius 1 is 1.16 bits per heavy atom. The molecule has 32 heavy (non-hydrogen) atoms. The number of nitrogens with one attached hydrogen (secondary N) is 1. The third-order valence-corrected chi connectivity index (χ3v) is 5.28. The molecule has 0 bridgehead atoms. The predicted molar refractivity (Wildman–Crippen MR) is 110 cm³/mol. The molecule has 1 N–H and O–H groups in total. The van der Waals surface area contributed by atoms with Crippen molar-refractivity contribution in [2.75, 3.05) is 6.54 Å². The Balaban J connectivity index is 1.35. The summed E-state index contributed by atoms with van der Waals surface area (Å²) in [5.74, 6) is -3.75. The largest absolute Gasteiger partial charge is 0.347 e. The quantitative estimate of drug-likeness (QED) is 0.572. The van der Waals surface area contributed by atoms with Gasteiger partial charge in [0.25, 0.3) is 11.8 Å². The Labute approximate surface area is 183 Å². The van der Waals surface area contributed by atoms with Crippen molar-refractivity contribution in [3.05, 3.63) is 66.2 Å². The van der Waals surface area contributed by atoms with Crippen LogP contribution in [0.25, 0.3) is 0 Å². The molecular weight excluding hydrogens is 420 g/mol. The van der Waals surface area contributed by atoms with E-state index < -0.39 is 30.8 Å². The minimum Gasteiger partial charge on any atom is -0.347 e. The van der Waals surface area contributed by atoms with E-state index >= 15 is 0 Å². The van der Waals surface area contributed by atoms with Crippen LogP contribution >= 0.6 is 0 Å². The zero-order valence-electron chi connectivity index (χ0n) is 17.3. The van der Waals surface area contributed by atoms with Gasteiger partial charge in [0, 0.05) is 38.3 Å². The van der Waals surface area contributed by atoms with Gasteiger partial charge in [-0.1, -0.05) is 35.5 Å². The van der Waals surface area contributed by atoms with Gasteiger partial charge in [0.15, 0.2) is 5.69 Å². The van der Waals surface area contributed by atoms with E-state index in [1.165, 1.54) is 15.8 Å². The van der Waals surface area contributed by atoms with Gasteiger partial charge in [-0.2, -0.15) is 5.10 Å². The third kappa shape index (κ3) is 5.34. The molecule has 1 atom stereocenters. The Bertz CT molecular complexity index is 1050. The molecule has 3 aromatic rings. The summed E-state index contributed by atoms with van der Waals surface area (Å²) in [6, 6.07) is 10.4. The van der Waals surface area contributed by atoms with E-state index in [-0.39, 0.29) is 24.6 Å². The van der Waals surface area contributed by atoms with Crippen LogP contribution in [0.5, 0.6) is 0 Å². The number of hydrogen-bond acceptors (Lipinski definition) is 5. The van der Waals surface area contributed by atoms with Crippen molar-refractivity contribution in [1.29, 1.82) is 0 Å². The lowest BCUT2D eigenvalue weighted by Gasteiger charge is -2.23. The third-order valence-electron chi connectivity index (χ3n) is 5.28. The van der Waals surface area contributed by atoms with Gasteiger partial charge in [-0.3, -0.25) is 14.3 Å². The van der Waals surface area contributed by atoms with Crippen LogP contribution in [-0.4, -0.2) is 60.0 Å². The highest BCUT2D eigenvalue weighted by Gasteiger charge is 2.46. The summed E-state index contributed by atoms with van der Waals surface area (Å²) in [6.07, 6.45) is 4.32. The van der Waals surface area contributed by atoms with E-state index in [2.05, 4.69) is 20.7 Å². The van der Waals surface area contributed by atoms with Gasteiger partial charge in [0.2, 0.25) is 5.91 Å². The van der Waals surface area contributed by atoms with E-state index in [1.807, 2.05) is 30.3 Å². The maximum absolute atomic E-state index is 14.1. The number of carbonyl (C=O) groups excluding carboxylic acids is 2. The zero-order chi connectivity index (χ0) is 22.6. The zero-order valence-corrected chi connectivity index (χ0v) is 17.3. The lowest BCUT2D eigenvalue weighted by Crippen LogP contribution is -2.39. The molecule has 1 fully saturated rings. The van der Waals surface area contributed by atoms with Gasteiger partial charge >= 0.3 is 0 Å². The second-order valence-corrected chi connectivity index (χ2v) is 7.75. The molecule has 0 saturated carbocycles. The average molecular weight is 443 g/mol. The minimum atomic E-state index is -2.97. The van der Waals surface area contributed by atoms with Crippen molar-refractivity contribution < 1.29 is 18.4 Å². The van der Waals surface area contributed by atoms with Crippen LogP contribution in [0.1, 0.15) is 28.9 Å². The van der Waals surface area contributed by atoms with Gasteiger partial charge in [0.1, 0.15) is 0 Å². The smallest absolute Gasteiger partial charge is 0.273 e. The topological polar surface area (TPSA) is 97.9 Å². The molecule has 168 valence electrons. The van der Waals surface area contributed by atoms with Gasteiger partial charge in [-0.05, 0) is 11.6 Å². The van der Waals surface area contributed by atoms with Crippen LogP contribution in [-0.2, 0) is 24.4 Å². The fraction of sp³-hybridized carbons (Fsp3) is 0.381. The molecular formula is C21H23F2N7O2. The maximum atomic E-state index is 14.1. The van der Waals surface area contributed by atoms with Crippen LogP contribution < -0.4 is 5.32 Å². The Morgan fingerprint density at radius 3 is 2.72 bits per heavy atom. The Kier molecular flexibility index (Phi) is 6.24. The molecule has 1 aromatic carbocycles. The number of amides is 2. The number of nitrogens with zero attached hydrogens (tertiary/aromatic N) is 6. The number of hydrogen-bond donors (Lipinski definition) is 1. The molecule has 1 aliphatic rings. The second-order valence-electron chi connectivity index (χ2n) is 7.75. The van der Waals surface area contributed by atoms with E-state index in [9.17, 15) is 18.4 Å². The highest BCUT2D eigenvalue weighted by Crippen LogP contribution is 2.33. The summed E-state index contributed by atoms with van der Waals surface area (Å²) in [4.78, 5) is 26.1. The predicted octanol–water partition coefficient (Wildman–Crippen LogP) is 1.73. The summed E-state index contributed by atoms with van der Waals surface area (Å²) in [5.41, 5.74) is 1.02. The molecule has 0 radical (unpaired) electrons. The van der Waals surface area contributed by atoms with Crippen molar-refractivity contribution in [2.45, 2.75) is 44.4 Å². The van der Waals surface area contributed by atoms with Crippen LogP contribution in [0, 0.1) is 0 Å². The van der Waals surface area contributed by atoms with Crippen molar-refractivity contribution >= 4 is 11.8 Å². The lowest BCUT2D eigenvalue weighted by molar-refractivity contribution is -0.133. The Hall–Kier alpha value is -3.63. The number of rotatable bonds is 8. The summed E-state index contributed by atoms with van der Waals surface area (Å²) >= 11 is 0. The Morgan fingerprint density at radius 2 is 1.97 bits per heavy atom. The minimum absolute atomic E-state index is 0.0298. The standard InChI is InChI=1S/C21H23F2N7O2/c22-21(23)11-17(30(15-21)19(31)7-10-28-9-4-8-25-28)13-29-14-18(26-27-29)20(32)24-12-16-5-2-1-3-6-16/h1-6,8-9,14,17H,7,10-13,15H2,(H,24,32)/t17-/m0/s1. The summed E-state index contributed by atoms with van der Waals surface area (Å²) < 4.78 is 31.1. The van der Waals surface area contributed by atoms with E-state index in [1.54, 1.807) is 23.1 Å². The fourth-order valence-electron chi connectivity index (χ4n) is 3.72. The molecule has 3 heterocycles. The van der Waals surface area contributed by atoms with Gasteiger partial charge in [0.05, 0.1) is 25.3 Å². The molecule has 11 heteroatoms. The van der Waals surface area contributed by atoms with Crippen molar-refractivity contribution in [3.63, 3.8) is 0 Å². The van der Waals surface area contributed by atoms with Crippen molar-refractivity contribution in [2.24, 2.45) is 0 Å². The monoisotopic (exact) mass is 443 g/mol. The lowest BCUT2D eigenvalue weighted by atomic mass is 10.2. The van der Waals surface area contributed by atoms with Crippen molar-refractivity contribution in [1.82, 2.24) is 35.0 Å². The number of likely N-dealkylation sites (tertiary alicyclic amines) is 1. The first kappa shape index (κ1) is 21.6. The number of aromatic nitrogens is 5. The first-order valence-corrected chi connectivity index (χ1v) is 10.3. The molecule has 2 amide bonds. The van der Waals surface area contributed by atoms with Gasteiger partial charge < -0.3 is 10.2 Å². The van der Waals surface area contributed by atoms with Gasteiger partial charge in [-0.25, -0.2) is 13.5 Å². The van der Waals surface area contributed by atoms with Crippen LogP contribution in [0.2, 0.25) is 0 Å². The molecule has 4 rings (SSSR count). The van der Waals surface area contributed by atoms with Gasteiger partial charge in [-0.15, -0.1) is 5.10 Å². The first-order valence-electron chi connectivity index (χ1n) is 10.3. The SMILES string of the molecule is O=C(NCc1ccccc1)c1cn(C[C@@H]2CC(F)(F)CN2C(=O)CCn2cccn2)nn1. The molecule has 0 unspecified atom stereocenters. The van der Waals surface area contributed by atoms with E-state index in [0.717, 1.165) is 5.56 Å². The summed E-state index contributed by atoms with van der Waals surface area (Å²) in [6.45, 7) is 0.0480. The van der Waals surface area contributed by atoms with Crippen LogP contribution in [0.3, 0.4) is 0 Å². The number of carbonyl (C=O) groups is 2. The van der Waals surface area contributed by atoms with Crippen molar-refractivity contribution in [3.8, 4) is 0 Å².